The number of hydrogen-bond donors (Lipinski definition) is 0. The zero-order chi connectivity index (χ0) is 13.0. The third kappa shape index (κ3) is 1.94. The normalized spacial score (nSPS) is 47.4. The smallest absolute Gasteiger partial charge is 0.217 e. The predicted molar refractivity (Wildman–Crippen MR) is 78.8 cm³/mol. The van der Waals surface area contributed by atoms with Crippen LogP contribution >= 0.6 is 12.2 Å². The van der Waals surface area contributed by atoms with Crippen molar-refractivity contribution in [1.29, 1.82) is 0 Å². The van der Waals surface area contributed by atoms with E-state index in [4.69, 9.17) is 12.2 Å². The van der Waals surface area contributed by atoms with Crippen LogP contribution < -0.4 is 0 Å². The minimum atomic E-state index is 0.244. The Morgan fingerprint density at radius 3 is 2.26 bits per heavy atom. The number of rotatable bonds is 3. The standard InChI is InChI=1S/C15H23N3S/c1-2-18-13(16-17-14(18)19)9-15-6-10-3-11(7-15)5-12(4-10)8-15/h10-13H,2-9H2,1H3. The van der Waals surface area contributed by atoms with Crippen molar-refractivity contribution in [3.05, 3.63) is 0 Å². The lowest BCUT2D eigenvalue weighted by atomic mass is 9.48. The van der Waals surface area contributed by atoms with Crippen molar-refractivity contribution < 1.29 is 0 Å². The highest BCUT2D eigenvalue weighted by Gasteiger charge is 2.52. The summed E-state index contributed by atoms with van der Waals surface area (Å²) in [5.41, 5.74) is 0.575. The van der Waals surface area contributed by atoms with Gasteiger partial charge in [-0.05, 0) is 87.3 Å². The minimum Gasteiger partial charge on any atom is -0.322 e. The summed E-state index contributed by atoms with van der Waals surface area (Å²) in [7, 11) is 0. The van der Waals surface area contributed by atoms with Crippen LogP contribution in [0.5, 0.6) is 0 Å². The second kappa shape index (κ2) is 4.24. The summed E-state index contributed by atoms with van der Waals surface area (Å²) in [6.07, 6.45) is 10.4. The molecule has 4 heteroatoms. The van der Waals surface area contributed by atoms with Crippen LogP contribution in [0.15, 0.2) is 10.2 Å². The first-order valence-corrected chi connectivity index (χ1v) is 8.30. The molecule has 0 spiro atoms. The quantitative estimate of drug-likeness (QED) is 0.730. The van der Waals surface area contributed by atoms with E-state index < -0.39 is 0 Å². The van der Waals surface area contributed by atoms with E-state index in [9.17, 15) is 0 Å². The van der Waals surface area contributed by atoms with Gasteiger partial charge in [-0.25, -0.2) is 0 Å². The van der Waals surface area contributed by atoms with Gasteiger partial charge < -0.3 is 4.90 Å². The maximum Gasteiger partial charge on any atom is 0.217 e. The molecule has 1 unspecified atom stereocenters. The van der Waals surface area contributed by atoms with Crippen LogP contribution in [0.2, 0.25) is 0 Å². The maximum atomic E-state index is 5.29. The summed E-state index contributed by atoms with van der Waals surface area (Å²) in [5.74, 6) is 3.06. The van der Waals surface area contributed by atoms with Gasteiger partial charge in [0.25, 0.3) is 0 Å². The summed E-state index contributed by atoms with van der Waals surface area (Å²) >= 11 is 5.29. The average molecular weight is 277 g/mol. The van der Waals surface area contributed by atoms with Gasteiger partial charge in [-0.15, -0.1) is 5.11 Å². The summed E-state index contributed by atoms with van der Waals surface area (Å²) in [4.78, 5) is 2.22. The van der Waals surface area contributed by atoms with Crippen molar-refractivity contribution >= 4 is 17.3 Å². The summed E-state index contributed by atoms with van der Waals surface area (Å²) < 4.78 is 0. The SMILES string of the molecule is CCN1C(=S)N=NC1CC12CC3CC(CC(C3)C1)C2. The molecule has 5 aliphatic rings. The molecule has 5 rings (SSSR count). The van der Waals surface area contributed by atoms with Crippen LogP contribution in [0.3, 0.4) is 0 Å². The summed E-state index contributed by atoms with van der Waals surface area (Å²) in [6, 6.07) is 0. The molecule has 4 bridgehead atoms. The predicted octanol–water partition coefficient (Wildman–Crippen LogP) is 3.99. The molecule has 0 N–H and O–H groups in total. The van der Waals surface area contributed by atoms with Crippen molar-refractivity contribution in [2.45, 2.75) is 58.0 Å². The molecular formula is C15H23N3S. The first-order valence-electron chi connectivity index (χ1n) is 7.89. The van der Waals surface area contributed by atoms with Gasteiger partial charge in [0.15, 0.2) is 0 Å². The van der Waals surface area contributed by atoms with Gasteiger partial charge >= 0.3 is 0 Å². The van der Waals surface area contributed by atoms with Gasteiger partial charge in [-0.1, -0.05) is 0 Å². The second-order valence-corrected chi connectivity index (χ2v) is 7.75. The lowest BCUT2D eigenvalue weighted by Crippen LogP contribution is -2.48. The molecule has 4 aliphatic carbocycles. The third-order valence-electron chi connectivity index (χ3n) is 6.00. The van der Waals surface area contributed by atoms with Crippen LogP contribution in [-0.2, 0) is 0 Å². The number of azo groups is 1. The van der Waals surface area contributed by atoms with Crippen LogP contribution in [0.25, 0.3) is 0 Å². The molecule has 1 aliphatic heterocycles. The van der Waals surface area contributed by atoms with Crippen LogP contribution in [0, 0.1) is 23.2 Å². The monoisotopic (exact) mass is 277 g/mol. The van der Waals surface area contributed by atoms with E-state index in [1.54, 1.807) is 0 Å². The molecule has 4 fully saturated rings. The summed E-state index contributed by atoms with van der Waals surface area (Å²) in [6.45, 7) is 3.11. The van der Waals surface area contributed by atoms with E-state index >= 15 is 0 Å². The molecule has 0 saturated heterocycles. The van der Waals surface area contributed by atoms with Crippen LogP contribution in [-0.4, -0.2) is 22.7 Å². The molecule has 0 radical (unpaired) electrons. The van der Waals surface area contributed by atoms with Crippen molar-refractivity contribution in [3.8, 4) is 0 Å². The van der Waals surface area contributed by atoms with Gasteiger partial charge in [0, 0.05) is 6.54 Å². The van der Waals surface area contributed by atoms with Crippen molar-refractivity contribution in [3.63, 3.8) is 0 Å². The highest BCUT2D eigenvalue weighted by Crippen LogP contribution is 2.62. The fourth-order valence-corrected chi connectivity index (χ4v) is 6.09. The molecule has 1 atom stereocenters. The Morgan fingerprint density at radius 2 is 1.74 bits per heavy atom. The van der Waals surface area contributed by atoms with E-state index in [1.807, 2.05) is 0 Å². The number of hydrogen-bond acceptors (Lipinski definition) is 2. The highest BCUT2D eigenvalue weighted by atomic mass is 32.1. The average Bonchev–Trinajstić information content (AvgIpc) is 2.67. The van der Waals surface area contributed by atoms with Crippen LogP contribution in [0.4, 0.5) is 0 Å². The fraction of sp³-hybridized carbons (Fsp3) is 0.933. The largest absolute Gasteiger partial charge is 0.322 e. The molecule has 0 aromatic rings. The Kier molecular flexibility index (Phi) is 2.73. The molecule has 0 aromatic carbocycles. The molecule has 19 heavy (non-hydrogen) atoms. The third-order valence-corrected chi connectivity index (χ3v) is 6.32. The minimum absolute atomic E-state index is 0.244. The van der Waals surface area contributed by atoms with Gasteiger partial charge in [-0.3, -0.25) is 0 Å². The molecule has 3 nitrogen and oxygen atoms in total. The first kappa shape index (κ1) is 12.2. The molecule has 104 valence electrons. The van der Waals surface area contributed by atoms with E-state index in [2.05, 4.69) is 22.1 Å². The lowest BCUT2D eigenvalue weighted by Gasteiger charge is -2.57. The van der Waals surface area contributed by atoms with Crippen LogP contribution in [0.1, 0.15) is 51.9 Å². The van der Waals surface area contributed by atoms with Gasteiger partial charge in [0.1, 0.15) is 6.17 Å². The molecule has 0 aromatic heterocycles. The van der Waals surface area contributed by atoms with E-state index in [1.165, 1.54) is 44.9 Å². The first-order chi connectivity index (χ1) is 9.17. The maximum absolute atomic E-state index is 5.29. The second-order valence-electron chi connectivity index (χ2n) is 7.39. The van der Waals surface area contributed by atoms with Gasteiger partial charge in [0.05, 0.1) is 0 Å². The molecule has 0 amide bonds. The Bertz CT molecular complexity index is 396. The number of thiocarbonyl (C=S) groups is 1. The number of nitrogens with zero attached hydrogens (tertiary/aromatic N) is 3. The van der Waals surface area contributed by atoms with E-state index in [0.29, 0.717) is 10.5 Å². The highest BCUT2D eigenvalue weighted by molar-refractivity contribution is 7.80. The van der Waals surface area contributed by atoms with Crippen molar-refractivity contribution in [2.75, 3.05) is 6.54 Å². The summed E-state index contributed by atoms with van der Waals surface area (Å²) in [5, 5.41) is 9.31. The zero-order valence-electron chi connectivity index (χ0n) is 11.7. The Morgan fingerprint density at radius 1 is 1.16 bits per heavy atom. The van der Waals surface area contributed by atoms with Gasteiger partial charge in [0.2, 0.25) is 5.11 Å². The topological polar surface area (TPSA) is 28.0 Å². The van der Waals surface area contributed by atoms with E-state index in [-0.39, 0.29) is 6.17 Å². The Balaban J connectivity index is 1.53. The van der Waals surface area contributed by atoms with Gasteiger partial charge in [-0.2, -0.15) is 5.11 Å². The molecular weight excluding hydrogens is 254 g/mol. The zero-order valence-corrected chi connectivity index (χ0v) is 12.5. The lowest BCUT2D eigenvalue weighted by molar-refractivity contribution is -0.0651. The molecule has 1 heterocycles. The molecule has 4 saturated carbocycles. The van der Waals surface area contributed by atoms with Crippen molar-refractivity contribution in [2.24, 2.45) is 33.4 Å². The Labute approximate surface area is 120 Å². The van der Waals surface area contributed by atoms with Crippen molar-refractivity contribution in [1.82, 2.24) is 4.90 Å². The fourth-order valence-electron chi connectivity index (χ4n) is 5.79. The Hall–Kier alpha value is -0.510. The van der Waals surface area contributed by atoms with E-state index in [0.717, 1.165) is 24.3 Å².